The van der Waals surface area contributed by atoms with Crippen LogP contribution in [0.4, 0.5) is 10.5 Å². The van der Waals surface area contributed by atoms with Gasteiger partial charge in [0.15, 0.2) is 6.04 Å². The van der Waals surface area contributed by atoms with Gasteiger partial charge in [0, 0.05) is 5.69 Å². The molecule has 1 atom stereocenters. The van der Waals surface area contributed by atoms with Gasteiger partial charge >= 0.3 is 12.0 Å². The van der Waals surface area contributed by atoms with Gasteiger partial charge in [-0.1, -0.05) is 30.3 Å². The van der Waals surface area contributed by atoms with E-state index in [0.29, 0.717) is 17.0 Å². The molecule has 0 aliphatic carbocycles. The lowest BCUT2D eigenvalue weighted by molar-refractivity contribution is -0.143. The van der Waals surface area contributed by atoms with Gasteiger partial charge in [-0.15, -0.1) is 0 Å². The van der Waals surface area contributed by atoms with Gasteiger partial charge < -0.3 is 20.1 Å². The quantitative estimate of drug-likeness (QED) is 0.832. The molecule has 0 aromatic heterocycles. The minimum absolute atomic E-state index is 0.505. The molecule has 0 fully saturated rings. The number of carbonyl (C=O) groups excluding carboxylic acids is 2. The van der Waals surface area contributed by atoms with Crippen LogP contribution in [0.25, 0.3) is 0 Å². The predicted octanol–water partition coefficient (Wildman–Crippen LogP) is 2.73. The zero-order valence-electron chi connectivity index (χ0n) is 12.9. The van der Waals surface area contributed by atoms with Crippen molar-refractivity contribution in [3.8, 4) is 5.75 Å². The average molecular weight is 314 g/mol. The van der Waals surface area contributed by atoms with Crippen LogP contribution in [-0.2, 0) is 9.53 Å². The van der Waals surface area contributed by atoms with Crippen molar-refractivity contribution >= 4 is 17.7 Å². The highest BCUT2D eigenvalue weighted by Crippen LogP contribution is 2.17. The fourth-order valence-corrected chi connectivity index (χ4v) is 2.01. The van der Waals surface area contributed by atoms with Crippen molar-refractivity contribution in [3.05, 3.63) is 60.2 Å². The first-order valence-electron chi connectivity index (χ1n) is 6.98. The number of anilines is 1. The molecular formula is C17H18N2O4. The van der Waals surface area contributed by atoms with E-state index in [1.165, 1.54) is 7.11 Å². The highest BCUT2D eigenvalue weighted by molar-refractivity contribution is 5.93. The molecule has 2 amide bonds. The Kier molecular flexibility index (Phi) is 5.57. The molecule has 0 heterocycles. The lowest BCUT2D eigenvalue weighted by Gasteiger charge is -2.17. The molecule has 23 heavy (non-hydrogen) atoms. The van der Waals surface area contributed by atoms with Crippen LogP contribution in [-0.4, -0.2) is 26.2 Å². The van der Waals surface area contributed by atoms with Crippen molar-refractivity contribution in [1.82, 2.24) is 5.32 Å². The first-order chi connectivity index (χ1) is 11.1. The maximum atomic E-state index is 12.1. The SMILES string of the molecule is COC(=O)C(NC(=O)Nc1ccc(OC)cc1)c1ccccc1. The molecule has 2 rings (SSSR count). The van der Waals surface area contributed by atoms with Crippen LogP contribution in [0.3, 0.4) is 0 Å². The molecule has 0 aliphatic rings. The second-order valence-electron chi connectivity index (χ2n) is 4.69. The molecule has 0 spiro atoms. The number of carbonyl (C=O) groups is 2. The Bertz CT molecular complexity index is 656. The number of hydrogen-bond acceptors (Lipinski definition) is 4. The van der Waals surface area contributed by atoms with E-state index in [4.69, 9.17) is 9.47 Å². The van der Waals surface area contributed by atoms with Crippen LogP contribution < -0.4 is 15.4 Å². The fraction of sp³-hybridized carbons (Fsp3) is 0.176. The summed E-state index contributed by atoms with van der Waals surface area (Å²) in [6.07, 6.45) is 0. The molecule has 2 aromatic carbocycles. The van der Waals surface area contributed by atoms with Crippen LogP contribution >= 0.6 is 0 Å². The van der Waals surface area contributed by atoms with E-state index in [2.05, 4.69) is 10.6 Å². The van der Waals surface area contributed by atoms with Gasteiger partial charge in [-0.25, -0.2) is 9.59 Å². The zero-order chi connectivity index (χ0) is 16.7. The number of amides is 2. The smallest absolute Gasteiger partial charge is 0.333 e. The van der Waals surface area contributed by atoms with Gasteiger partial charge in [-0.05, 0) is 29.8 Å². The van der Waals surface area contributed by atoms with Crippen molar-refractivity contribution < 1.29 is 19.1 Å². The predicted molar refractivity (Wildman–Crippen MR) is 86.3 cm³/mol. The minimum atomic E-state index is -0.876. The maximum Gasteiger partial charge on any atom is 0.333 e. The Morgan fingerprint density at radius 3 is 2.17 bits per heavy atom. The number of nitrogens with one attached hydrogen (secondary N) is 2. The number of benzene rings is 2. The number of urea groups is 1. The highest BCUT2D eigenvalue weighted by Gasteiger charge is 2.23. The summed E-state index contributed by atoms with van der Waals surface area (Å²) in [7, 11) is 2.84. The Morgan fingerprint density at radius 2 is 1.61 bits per heavy atom. The first-order valence-corrected chi connectivity index (χ1v) is 6.98. The van der Waals surface area contributed by atoms with Crippen LogP contribution in [0, 0.1) is 0 Å². The van der Waals surface area contributed by atoms with E-state index < -0.39 is 18.0 Å². The Hall–Kier alpha value is -3.02. The van der Waals surface area contributed by atoms with E-state index in [0.717, 1.165) is 0 Å². The van der Waals surface area contributed by atoms with Crippen molar-refractivity contribution in [2.75, 3.05) is 19.5 Å². The van der Waals surface area contributed by atoms with Gasteiger partial charge in [0.25, 0.3) is 0 Å². The molecule has 0 aliphatic heterocycles. The normalized spacial score (nSPS) is 11.2. The second-order valence-corrected chi connectivity index (χ2v) is 4.69. The summed E-state index contributed by atoms with van der Waals surface area (Å²) in [5, 5.41) is 5.26. The van der Waals surface area contributed by atoms with Gasteiger partial charge in [-0.3, -0.25) is 0 Å². The highest BCUT2D eigenvalue weighted by atomic mass is 16.5. The van der Waals surface area contributed by atoms with Crippen LogP contribution in [0.2, 0.25) is 0 Å². The Balaban J connectivity index is 2.06. The third kappa shape index (κ3) is 4.47. The lowest BCUT2D eigenvalue weighted by Crippen LogP contribution is -2.37. The molecule has 120 valence electrons. The number of hydrogen-bond donors (Lipinski definition) is 2. The number of rotatable bonds is 5. The third-order valence-corrected chi connectivity index (χ3v) is 3.19. The second kappa shape index (κ2) is 7.84. The minimum Gasteiger partial charge on any atom is -0.497 e. The van der Waals surface area contributed by atoms with Crippen molar-refractivity contribution in [3.63, 3.8) is 0 Å². The topological polar surface area (TPSA) is 76.7 Å². The number of ether oxygens (including phenoxy) is 2. The van der Waals surface area contributed by atoms with E-state index in [-0.39, 0.29) is 0 Å². The number of esters is 1. The summed E-state index contributed by atoms with van der Waals surface area (Å²) in [4.78, 5) is 24.0. The summed E-state index contributed by atoms with van der Waals surface area (Å²) in [5.41, 5.74) is 1.23. The van der Waals surface area contributed by atoms with E-state index in [1.807, 2.05) is 6.07 Å². The van der Waals surface area contributed by atoms with Gasteiger partial charge in [-0.2, -0.15) is 0 Å². The molecule has 0 saturated heterocycles. The summed E-state index contributed by atoms with van der Waals surface area (Å²) in [6.45, 7) is 0. The molecular weight excluding hydrogens is 296 g/mol. The maximum absolute atomic E-state index is 12.1. The molecule has 6 nitrogen and oxygen atoms in total. The molecule has 1 unspecified atom stereocenters. The number of methoxy groups -OCH3 is 2. The largest absolute Gasteiger partial charge is 0.497 e. The van der Waals surface area contributed by atoms with Crippen LogP contribution in [0.15, 0.2) is 54.6 Å². The monoisotopic (exact) mass is 314 g/mol. The molecule has 2 N–H and O–H groups in total. The van der Waals surface area contributed by atoms with E-state index in [9.17, 15) is 9.59 Å². The standard InChI is InChI=1S/C17H18N2O4/c1-22-14-10-8-13(9-11-14)18-17(21)19-15(16(20)23-2)12-6-4-3-5-7-12/h3-11,15H,1-2H3,(H2,18,19,21). The van der Waals surface area contributed by atoms with Crippen molar-refractivity contribution in [2.24, 2.45) is 0 Å². The first kappa shape index (κ1) is 16.4. The Labute approximate surface area is 134 Å². The van der Waals surface area contributed by atoms with E-state index in [1.54, 1.807) is 55.6 Å². The summed E-state index contributed by atoms with van der Waals surface area (Å²) < 4.78 is 9.80. The average Bonchev–Trinajstić information content (AvgIpc) is 2.60. The molecule has 0 bridgehead atoms. The molecule has 2 aromatic rings. The van der Waals surface area contributed by atoms with E-state index >= 15 is 0 Å². The van der Waals surface area contributed by atoms with Gasteiger partial charge in [0.05, 0.1) is 14.2 Å². The van der Waals surface area contributed by atoms with Crippen molar-refractivity contribution in [1.29, 1.82) is 0 Å². The lowest BCUT2D eigenvalue weighted by atomic mass is 10.1. The van der Waals surface area contributed by atoms with Gasteiger partial charge in [0.1, 0.15) is 5.75 Å². The van der Waals surface area contributed by atoms with Crippen LogP contribution in [0.1, 0.15) is 11.6 Å². The van der Waals surface area contributed by atoms with Crippen LogP contribution in [0.5, 0.6) is 5.75 Å². The molecule has 0 radical (unpaired) electrons. The third-order valence-electron chi connectivity index (χ3n) is 3.19. The molecule has 0 saturated carbocycles. The summed E-state index contributed by atoms with van der Waals surface area (Å²) >= 11 is 0. The van der Waals surface area contributed by atoms with Gasteiger partial charge in [0.2, 0.25) is 0 Å². The van der Waals surface area contributed by atoms with Crippen molar-refractivity contribution in [2.45, 2.75) is 6.04 Å². The fourth-order valence-electron chi connectivity index (χ4n) is 2.01. The summed E-state index contributed by atoms with van der Waals surface area (Å²) in [6, 6.07) is 14.4. The summed E-state index contributed by atoms with van der Waals surface area (Å²) in [5.74, 6) is 0.147. The molecule has 6 heteroatoms. The Morgan fingerprint density at radius 1 is 0.957 bits per heavy atom. The zero-order valence-corrected chi connectivity index (χ0v) is 12.9.